The van der Waals surface area contributed by atoms with Crippen LogP contribution in [0.1, 0.15) is 51.3 Å². The zero-order valence-electron chi connectivity index (χ0n) is 13.1. The maximum absolute atomic E-state index is 12.7. The molecule has 124 valence electrons. The first-order valence-corrected chi connectivity index (χ1v) is 7.80. The molecule has 2 rings (SSSR count). The summed E-state index contributed by atoms with van der Waals surface area (Å²) in [6, 6.07) is 0.919. The molecule has 4 N–H and O–H groups in total. The van der Waals surface area contributed by atoms with Crippen LogP contribution in [-0.4, -0.2) is 26.6 Å². The van der Waals surface area contributed by atoms with Gasteiger partial charge >= 0.3 is 0 Å². The second kappa shape index (κ2) is 7.21. The summed E-state index contributed by atoms with van der Waals surface area (Å²) in [6.45, 7) is 1.89. The van der Waals surface area contributed by atoms with E-state index in [9.17, 15) is 19.5 Å². The lowest BCUT2D eigenvalue weighted by molar-refractivity contribution is -0.132. The standard InChI is InChI=1S/C16H21N3O4/c1-2-5-10(15(23)9-6-3-4-7-11(9)20)14(17)16-18-12(21)8-13(22)19-16/h8-9H,2-7,17H2,1H3,(H2,18,19,21,22)/t9-/m0/s1. The molecule has 1 aromatic heterocycles. The molecule has 0 bridgehead atoms. The van der Waals surface area contributed by atoms with Gasteiger partial charge in [-0.2, -0.15) is 4.98 Å². The second-order valence-corrected chi connectivity index (χ2v) is 5.72. The third kappa shape index (κ3) is 3.85. The molecule has 0 unspecified atom stereocenters. The summed E-state index contributed by atoms with van der Waals surface area (Å²) in [6.07, 6.45) is 3.63. The molecule has 7 heteroatoms. The summed E-state index contributed by atoms with van der Waals surface area (Å²) in [5, 5.41) is 9.44. The van der Waals surface area contributed by atoms with E-state index in [1.807, 2.05) is 6.92 Å². The van der Waals surface area contributed by atoms with Gasteiger partial charge < -0.3 is 15.8 Å². The molecular formula is C16H21N3O4. The summed E-state index contributed by atoms with van der Waals surface area (Å²) >= 11 is 0. The van der Waals surface area contributed by atoms with Gasteiger partial charge in [0.05, 0.1) is 17.7 Å². The van der Waals surface area contributed by atoms with Gasteiger partial charge in [0.1, 0.15) is 5.78 Å². The number of hydrogen-bond acceptors (Lipinski definition) is 6. The van der Waals surface area contributed by atoms with Crippen molar-refractivity contribution < 1.29 is 14.7 Å². The number of H-pyrrole nitrogens is 1. The van der Waals surface area contributed by atoms with Crippen LogP contribution in [0.25, 0.3) is 5.70 Å². The minimum Gasteiger partial charge on any atom is -0.493 e. The molecule has 0 radical (unpaired) electrons. The van der Waals surface area contributed by atoms with E-state index >= 15 is 0 Å². The number of hydrogen-bond donors (Lipinski definition) is 3. The van der Waals surface area contributed by atoms with Gasteiger partial charge in [0.15, 0.2) is 11.6 Å². The third-order valence-electron chi connectivity index (χ3n) is 3.98. The highest BCUT2D eigenvalue weighted by molar-refractivity contribution is 6.13. The zero-order chi connectivity index (χ0) is 17.0. The molecule has 0 spiro atoms. The number of aromatic hydroxyl groups is 1. The van der Waals surface area contributed by atoms with Gasteiger partial charge in [-0.25, -0.2) is 0 Å². The van der Waals surface area contributed by atoms with E-state index in [2.05, 4.69) is 9.97 Å². The van der Waals surface area contributed by atoms with Gasteiger partial charge in [0.2, 0.25) is 5.88 Å². The summed E-state index contributed by atoms with van der Waals surface area (Å²) in [7, 11) is 0. The van der Waals surface area contributed by atoms with Crippen LogP contribution in [0.4, 0.5) is 0 Å². The quantitative estimate of drug-likeness (QED) is 0.554. The van der Waals surface area contributed by atoms with Crippen molar-refractivity contribution in [1.82, 2.24) is 9.97 Å². The van der Waals surface area contributed by atoms with Crippen LogP contribution in [0.2, 0.25) is 0 Å². The minimum absolute atomic E-state index is 0.0169. The Labute approximate surface area is 133 Å². The predicted molar refractivity (Wildman–Crippen MR) is 84.5 cm³/mol. The van der Waals surface area contributed by atoms with Crippen LogP contribution in [0.5, 0.6) is 5.88 Å². The van der Waals surface area contributed by atoms with Gasteiger partial charge in [-0.05, 0) is 19.3 Å². The van der Waals surface area contributed by atoms with Crippen LogP contribution in [-0.2, 0) is 9.59 Å². The van der Waals surface area contributed by atoms with Gasteiger partial charge in [-0.3, -0.25) is 14.4 Å². The van der Waals surface area contributed by atoms with Crippen LogP contribution < -0.4 is 11.3 Å². The number of nitrogens with one attached hydrogen (secondary N) is 1. The molecular weight excluding hydrogens is 298 g/mol. The fourth-order valence-corrected chi connectivity index (χ4v) is 2.83. The summed E-state index contributed by atoms with van der Waals surface area (Å²) < 4.78 is 0. The number of Topliss-reactive ketones (excluding diaryl/α,β-unsaturated/α-hetero) is 2. The van der Waals surface area contributed by atoms with Gasteiger partial charge in [-0.1, -0.05) is 19.8 Å². The molecule has 1 aliphatic carbocycles. The number of nitrogens with two attached hydrogens (primary N) is 1. The lowest BCUT2D eigenvalue weighted by Gasteiger charge is -2.21. The van der Waals surface area contributed by atoms with Crippen LogP contribution in [0, 0.1) is 5.92 Å². The van der Waals surface area contributed by atoms with E-state index in [0.29, 0.717) is 31.3 Å². The molecule has 0 amide bonds. The first kappa shape index (κ1) is 16.9. The molecule has 1 aliphatic rings. The maximum Gasteiger partial charge on any atom is 0.255 e. The van der Waals surface area contributed by atoms with Crippen LogP contribution >= 0.6 is 0 Å². The number of aromatic nitrogens is 2. The smallest absolute Gasteiger partial charge is 0.255 e. The third-order valence-corrected chi connectivity index (χ3v) is 3.98. The lowest BCUT2D eigenvalue weighted by atomic mass is 9.81. The molecule has 0 aliphatic heterocycles. The van der Waals surface area contributed by atoms with E-state index in [-0.39, 0.29) is 23.1 Å². The summed E-state index contributed by atoms with van der Waals surface area (Å²) in [5.74, 6) is -1.52. The van der Waals surface area contributed by atoms with E-state index in [1.54, 1.807) is 0 Å². The van der Waals surface area contributed by atoms with Gasteiger partial charge in [-0.15, -0.1) is 0 Å². The molecule has 1 heterocycles. The predicted octanol–water partition coefficient (Wildman–Crippen LogP) is 1.27. The first-order chi connectivity index (χ1) is 10.9. The maximum atomic E-state index is 12.7. The van der Waals surface area contributed by atoms with Gasteiger partial charge in [0.25, 0.3) is 5.56 Å². The van der Waals surface area contributed by atoms with Gasteiger partial charge in [0, 0.05) is 12.0 Å². The Morgan fingerprint density at radius 2 is 2.17 bits per heavy atom. The lowest BCUT2D eigenvalue weighted by Crippen LogP contribution is -2.30. The van der Waals surface area contributed by atoms with E-state index in [1.165, 1.54) is 0 Å². The zero-order valence-corrected chi connectivity index (χ0v) is 13.1. The van der Waals surface area contributed by atoms with E-state index in [0.717, 1.165) is 18.9 Å². The topological polar surface area (TPSA) is 126 Å². The number of allylic oxidation sites excluding steroid dienone is 1. The largest absolute Gasteiger partial charge is 0.493 e. The highest BCUT2D eigenvalue weighted by atomic mass is 16.3. The van der Waals surface area contributed by atoms with Crippen LogP contribution in [0.3, 0.4) is 0 Å². The summed E-state index contributed by atoms with van der Waals surface area (Å²) in [4.78, 5) is 42.4. The number of nitrogens with zero attached hydrogens (tertiary/aromatic N) is 1. The van der Waals surface area contributed by atoms with Crippen molar-refractivity contribution in [2.45, 2.75) is 45.4 Å². The Hall–Kier alpha value is -2.44. The monoisotopic (exact) mass is 319 g/mol. The van der Waals surface area contributed by atoms with Crippen molar-refractivity contribution in [3.8, 4) is 5.88 Å². The normalized spacial score (nSPS) is 19.3. The van der Waals surface area contributed by atoms with E-state index < -0.39 is 17.4 Å². The van der Waals surface area contributed by atoms with Crippen molar-refractivity contribution in [3.05, 3.63) is 27.8 Å². The van der Waals surface area contributed by atoms with Crippen LogP contribution in [0.15, 0.2) is 16.4 Å². The van der Waals surface area contributed by atoms with Crippen molar-refractivity contribution in [2.24, 2.45) is 11.7 Å². The molecule has 1 fully saturated rings. The fourth-order valence-electron chi connectivity index (χ4n) is 2.83. The Morgan fingerprint density at radius 3 is 2.78 bits per heavy atom. The fraction of sp³-hybridized carbons (Fsp3) is 0.500. The number of ketones is 2. The Bertz CT molecular complexity index is 706. The van der Waals surface area contributed by atoms with Crippen molar-refractivity contribution in [2.75, 3.05) is 0 Å². The molecule has 0 aromatic carbocycles. The van der Waals surface area contributed by atoms with Crippen molar-refractivity contribution in [3.63, 3.8) is 0 Å². The molecule has 7 nitrogen and oxygen atoms in total. The number of aromatic amines is 1. The van der Waals surface area contributed by atoms with E-state index in [4.69, 9.17) is 5.73 Å². The average molecular weight is 319 g/mol. The number of carbonyl (C=O) groups is 2. The minimum atomic E-state index is -0.659. The Kier molecular flexibility index (Phi) is 5.31. The molecule has 1 aromatic rings. The highest BCUT2D eigenvalue weighted by Gasteiger charge is 2.32. The number of carbonyl (C=O) groups excluding carboxylic acids is 2. The summed E-state index contributed by atoms with van der Waals surface area (Å²) in [5.41, 5.74) is 5.77. The molecule has 0 saturated heterocycles. The second-order valence-electron chi connectivity index (χ2n) is 5.72. The molecule has 23 heavy (non-hydrogen) atoms. The van der Waals surface area contributed by atoms with Crippen molar-refractivity contribution >= 4 is 17.3 Å². The first-order valence-electron chi connectivity index (χ1n) is 7.80. The highest BCUT2D eigenvalue weighted by Crippen LogP contribution is 2.27. The number of rotatable bonds is 5. The average Bonchev–Trinajstić information content (AvgIpc) is 2.51. The Balaban J connectivity index is 2.44. The SMILES string of the molecule is CCCC(C(=O)[C@H]1CCCCC1=O)=C(N)c1nc(O)cc(=O)[nH]1. The molecule has 1 saturated carbocycles. The Morgan fingerprint density at radius 1 is 1.43 bits per heavy atom. The van der Waals surface area contributed by atoms with Crippen molar-refractivity contribution in [1.29, 1.82) is 0 Å². The molecule has 1 atom stereocenters.